The van der Waals surface area contributed by atoms with E-state index in [4.69, 9.17) is 5.11 Å². The highest BCUT2D eigenvalue weighted by atomic mass is 19.1. The first-order valence-corrected chi connectivity index (χ1v) is 4.94. The number of hydrogen-bond donors (Lipinski definition) is 2. The van der Waals surface area contributed by atoms with Crippen LogP contribution in [0.15, 0.2) is 18.2 Å². The first-order valence-electron chi connectivity index (χ1n) is 4.94. The molecule has 0 radical (unpaired) electrons. The second kappa shape index (κ2) is 4.07. The lowest BCUT2D eigenvalue weighted by Crippen LogP contribution is -2.13. The van der Waals surface area contributed by atoms with E-state index >= 15 is 0 Å². The highest BCUT2D eigenvalue weighted by Crippen LogP contribution is 2.24. The van der Waals surface area contributed by atoms with Gasteiger partial charge in [-0.1, -0.05) is 12.1 Å². The fourth-order valence-corrected chi connectivity index (χ4v) is 1.88. The molecule has 2 rings (SSSR count). The molecular formula is C11H14FNO. The summed E-state index contributed by atoms with van der Waals surface area (Å²) >= 11 is 0. The largest absolute Gasteiger partial charge is 0.392 e. The maximum absolute atomic E-state index is 13.3. The van der Waals surface area contributed by atoms with Gasteiger partial charge in [0, 0.05) is 11.6 Å². The standard InChI is InChI=1S/C11H14FNO/c12-10-6-8(3-4-9(10)7-14)11-2-1-5-13-11/h3-4,6,11,13-14H,1-2,5,7H2. The number of aliphatic hydroxyl groups excluding tert-OH is 1. The summed E-state index contributed by atoms with van der Waals surface area (Å²) in [5.41, 5.74) is 1.35. The van der Waals surface area contributed by atoms with E-state index in [2.05, 4.69) is 5.32 Å². The molecule has 1 aromatic carbocycles. The van der Waals surface area contributed by atoms with Crippen LogP contribution < -0.4 is 5.32 Å². The van der Waals surface area contributed by atoms with Crippen LogP contribution in [0.4, 0.5) is 4.39 Å². The molecule has 0 amide bonds. The Morgan fingerprint density at radius 1 is 1.50 bits per heavy atom. The quantitative estimate of drug-likeness (QED) is 0.753. The second-order valence-corrected chi connectivity index (χ2v) is 3.66. The highest BCUT2D eigenvalue weighted by Gasteiger charge is 2.16. The molecule has 1 saturated heterocycles. The number of benzene rings is 1. The van der Waals surface area contributed by atoms with Gasteiger partial charge in [-0.25, -0.2) is 4.39 Å². The van der Waals surface area contributed by atoms with Gasteiger partial charge in [0.25, 0.3) is 0 Å². The van der Waals surface area contributed by atoms with E-state index in [1.807, 2.05) is 6.07 Å². The van der Waals surface area contributed by atoms with Gasteiger partial charge in [-0.2, -0.15) is 0 Å². The number of halogens is 1. The van der Waals surface area contributed by atoms with Crippen molar-refractivity contribution < 1.29 is 9.50 Å². The van der Waals surface area contributed by atoms with Crippen molar-refractivity contribution in [3.8, 4) is 0 Å². The lowest BCUT2D eigenvalue weighted by Gasteiger charge is -2.11. The number of aliphatic hydroxyl groups is 1. The smallest absolute Gasteiger partial charge is 0.129 e. The average Bonchev–Trinajstić information content (AvgIpc) is 2.70. The second-order valence-electron chi connectivity index (χ2n) is 3.66. The minimum atomic E-state index is -0.307. The third-order valence-electron chi connectivity index (χ3n) is 2.71. The van der Waals surface area contributed by atoms with Crippen LogP contribution in [0.2, 0.25) is 0 Å². The number of rotatable bonds is 2. The average molecular weight is 195 g/mol. The van der Waals surface area contributed by atoms with E-state index in [0.717, 1.165) is 24.9 Å². The molecule has 1 aromatic rings. The van der Waals surface area contributed by atoms with Gasteiger partial charge in [0.15, 0.2) is 0 Å². The van der Waals surface area contributed by atoms with Crippen molar-refractivity contribution in [1.82, 2.24) is 5.32 Å². The molecule has 0 aromatic heterocycles. The summed E-state index contributed by atoms with van der Waals surface area (Å²) in [6.07, 6.45) is 2.21. The Bertz CT molecular complexity index is 321. The van der Waals surface area contributed by atoms with Crippen LogP contribution in [0.3, 0.4) is 0 Å². The van der Waals surface area contributed by atoms with Crippen LogP contribution in [0.25, 0.3) is 0 Å². The summed E-state index contributed by atoms with van der Waals surface area (Å²) in [5, 5.41) is 12.1. The lowest BCUT2D eigenvalue weighted by atomic mass is 10.0. The Morgan fingerprint density at radius 2 is 2.36 bits per heavy atom. The Balaban J connectivity index is 2.23. The molecule has 2 nitrogen and oxygen atoms in total. The summed E-state index contributed by atoms with van der Waals surface area (Å²) in [7, 11) is 0. The van der Waals surface area contributed by atoms with E-state index in [0.29, 0.717) is 5.56 Å². The van der Waals surface area contributed by atoms with Gasteiger partial charge in [-0.3, -0.25) is 0 Å². The first-order chi connectivity index (χ1) is 6.81. The van der Waals surface area contributed by atoms with Crippen molar-refractivity contribution in [2.75, 3.05) is 6.54 Å². The highest BCUT2D eigenvalue weighted by molar-refractivity contribution is 5.26. The van der Waals surface area contributed by atoms with E-state index in [-0.39, 0.29) is 18.5 Å². The van der Waals surface area contributed by atoms with Crippen LogP contribution in [-0.2, 0) is 6.61 Å². The molecule has 1 unspecified atom stereocenters. The Hall–Kier alpha value is -0.930. The van der Waals surface area contributed by atoms with Crippen molar-refractivity contribution in [1.29, 1.82) is 0 Å². The zero-order valence-corrected chi connectivity index (χ0v) is 7.96. The third kappa shape index (κ3) is 1.79. The summed E-state index contributed by atoms with van der Waals surface area (Å²) in [5.74, 6) is -0.307. The monoisotopic (exact) mass is 195 g/mol. The van der Waals surface area contributed by atoms with Gasteiger partial charge in [-0.15, -0.1) is 0 Å². The summed E-state index contributed by atoms with van der Waals surface area (Å²) < 4.78 is 13.3. The molecule has 2 N–H and O–H groups in total. The van der Waals surface area contributed by atoms with Crippen LogP contribution >= 0.6 is 0 Å². The van der Waals surface area contributed by atoms with Crippen molar-refractivity contribution in [3.63, 3.8) is 0 Å². The summed E-state index contributed by atoms with van der Waals surface area (Å²) in [6.45, 7) is 0.776. The molecular weight excluding hydrogens is 181 g/mol. The molecule has 1 atom stereocenters. The number of hydrogen-bond acceptors (Lipinski definition) is 2. The van der Waals surface area contributed by atoms with Gasteiger partial charge in [-0.05, 0) is 31.0 Å². The van der Waals surface area contributed by atoms with E-state index in [9.17, 15) is 4.39 Å². The molecule has 1 fully saturated rings. The first kappa shape index (κ1) is 9.62. The van der Waals surface area contributed by atoms with E-state index in [1.54, 1.807) is 6.07 Å². The Labute approximate surface area is 82.8 Å². The molecule has 1 aliphatic rings. The number of nitrogens with one attached hydrogen (secondary N) is 1. The Kier molecular flexibility index (Phi) is 2.79. The molecule has 1 aliphatic heterocycles. The minimum absolute atomic E-state index is 0.232. The molecule has 3 heteroatoms. The normalized spacial score (nSPS) is 21.4. The van der Waals surface area contributed by atoms with Gasteiger partial charge in [0.05, 0.1) is 6.61 Å². The molecule has 1 heterocycles. The van der Waals surface area contributed by atoms with Gasteiger partial charge < -0.3 is 10.4 Å². The van der Waals surface area contributed by atoms with Gasteiger partial charge >= 0.3 is 0 Å². The fourth-order valence-electron chi connectivity index (χ4n) is 1.88. The predicted octanol–water partition coefficient (Wildman–Crippen LogP) is 1.74. The zero-order valence-electron chi connectivity index (χ0n) is 7.96. The minimum Gasteiger partial charge on any atom is -0.392 e. The summed E-state index contributed by atoms with van der Waals surface area (Å²) in [4.78, 5) is 0. The maximum Gasteiger partial charge on any atom is 0.129 e. The molecule has 0 saturated carbocycles. The Morgan fingerprint density at radius 3 is 2.93 bits per heavy atom. The molecule has 0 bridgehead atoms. The van der Waals surface area contributed by atoms with Crippen LogP contribution in [-0.4, -0.2) is 11.7 Å². The topological polar surface area (TPSA) is 32.3 Å². The molecule has 0 aliphatic carbocycles. The van der Waals surface area contributed by atoms with Crippen molar-refractivity contribution in [2.45, 2.75) is 25.5 Å². The van der Waals surface area contributed by atoms with E-state index in [1.165, 1.54) is 6.07 Å². The zero-order chi connectivity index (χ0) is 9.97. The molecule has 14 heavy (non-hydrogen) atoms. The van der Waals surface area contributed by atoms with Crippen LogP contribution in [0, 0.1) is 5.82 Å². The molecule has 0 spiro atoms. The van der Waals surface area contributed by atoms with Gasteiger partial charge in [0.2, 0.25) is 0 Å². The third-order valence-corrected chi connectivity index (χ3v) is 2.71. The predicted molar refractivity (Wildman–Crippen MR) is 52.3 cm³/mol. The van der Waals surface area contributed by atoms with Crippen LogP contribution in [0.1, 0.15) is 30.0 Å². The van der Waals surface area contributed by atoms with Gasteiger partial charge in [0.1, 0.15) is 5.82 Å². The lowest BCUT2D eigenvalue weighted by molar-refractivity contribution is 0.275. The van der Waals surface area contributed by atoms with Crippen molar-refractivity contribution in [2.24, 2.45) is 0 Å². The van der Waals surface area contributed by atoms with Crippen molar-refractivity contribution in [3.05, 3.63) is 35.1 Å². The SMILES string of the molecule is OCc1ccc(C2CCCN2)cc1F. The summed E-state index contributed by atoms with van der Waals surface area (Å²) in [6, 6.07) is 5.36. The van der Waals surface area contributed by atoms with Crippen LogP contribution in [0.5, 0.6) is 0 Å². The van der Waals surface area contributed by atoms with Crippen molar-refractivity contribution >= 4 is 0 Å². The van der Waals surface area contributed by atoms with E-state index < -0.39 is 0 Å². The molecule has 76 valence electrons. The fraction of sp³-hybridized carbons (Fsp3) is 0.455. The maximum atomic E-state index is 13.3.